The number of nitriles is 1. The minimum Gasteiger partial charge on any atom is -0.274 e. The van der Waals surface area contributed by atoms with E-state index in [1.165, 1.54) is 0 Å². The first-order valence-electron chi connectivity index (χ1n) is 4.76. The number of rotatable bonds is 1. The van der Waals surface area contributed by atoms with Crippen molar-refractivity contribution < 1.29 is 9.59 Å². The minimum absolute atomic E-state index is 0.223. The lowest BCUT2D eigenvalue weighted by Gasteiger charge is -2.29. The highest BCUT2D eigenvalue weighted by Crippen LogP contribution is 2.21. The number of hydrogen-bond donors (Lipinski definition) is 0. The second kappa shape index (κ2) is 3.79. The number of nitrogens with zero attached hydrogens (tertiary/aromatic N) is 2. The summed E-state index contributed by atoms with van der Waals surface area (Å²) in [7, 11) is 0. The standard InChI is InChI=1S/C10H14N2O2/c1-10(2,7-11)12-8(13)5-3-4-6-9(12)14/h3-6H2,1-2H3. The molecule has 14 heavy (non-hydrogen) atoms. The average Bonchev–Trinajstić information content (AvgIpc) is 2.27. The molecule has 0 aromatic heterocycles. The third kappa shape index (κ3) is 1.92. The van der Waals surface area contributed by atoms with E-state index in [0.29, 0.717) is 12.8 Å². The van der Waals surface area contributed by atoms with Gasteiger partial charge in [0.1, 0.15) is 5.54 Å². The summed E-state index contributed by atoms with van der Waals surface area (Å²) in [5.41, 5.74) is -1.02. The summed E-state index contributed by atoms with van der Waals surface area (Å²) in [4.78, 5) is 24.3. The van der Waals surface area contributed by atoms with Crippen LogP contribution in [-0.4, -0.2) is 22.3 Å². The fourth-order valence-corrected chi connectivity index (χ4v) is 1.59. The highest BCUT2D eigenvalue weighted by atomic mass is 16.2. The molecule has 0 aliphatic carbocycles. The van der Waals surface area contributed by atoms with E-state index in [4.69, 9.17) is 5.26 Å². The zero-order valence-corrected chi connectivity index (χ0v) is 8.54. The lowest BCUT2D eigenvalue weighted by Crippen LogP contribution is -2.49. The van der Waals surface area contributed by atoms with Crippen LogP contribution in [0.3, 0.4) is 0 Å². The Morgan fingerprint density at radius 3 is 2.00 bits per heavy atom. The monoisotopic (exact) mass is 194 g/mol. The molecule has 2 amide bonds. The van der Waals surface area contributed by atoms with Crippen LogP contribution in [0.5, 0.6) is 0 Å². The van der Waals surface area contributed by atoms with Gasteiger partial charge in [-0.15, -0.1) is 0 Å². The lowest BCUT2D eigenvalue weighted by atomic mass is 10.0. The van der Waals surface area contributed by atoms with Crippen LogP contribution in [0, 0.1) is 11.3 Å². The van der Waals surface area contributed by atoms with Gasteiger partial charge in [0.25, 0.3) is 0 Å². The second-order valence-electron chi connectivity index (χ2n) is 4.00. The van der Waals surface area contributed by atoms with Gasteiger partial charge < -0.3 is 0 Å². The molecule has 0 radical (unpaired) electrons. The molecular weight excluding hydrogens is 180 g/mol. The molecule has 76 valence electrons. The van der Waals surface area contributed by atoms with Crippen LogP contribution in [0.2, 0.25) is 0 Å². The van der Waals surface area contributed by atoms with Crippen molar-refractivity contribution in [1.29, 1.82) is 5.26 Å². The zero-order chi connectivity index (χ0) is 10.8. The first-order chi connectivity index (χ1) is 6.49. The molecule has 0 bridgehead atoms. The first-order valence-corrected chi connectivity index (χ1v) is 4.76. The van der Waals surface area contributed by atoms with E-state index in [1.54, 1.807) is 13.8 Å². The fourth-order valence-electron chi connectivity index (χ4n) is 1.59. The highest BCUT2D eigenvalue weighted by Gasteiger charge is 2.36. The van der Waals surface area contributed by atoms with Crippen molar-refractivity contribution in [3.63, 3.8) is 0 Å². The Morgan fingerprint density at radius 1 is 1.21 bits per heavy atom. The van der Waals surface area contributed by atoms with Crippen molar-refractivity contribution in [2.75, 3.05) is 0 Å². The SMILES string of the molecule is CC(C)(C#N)N1C(=O)CCCCC1=O. The van der Waals surface area contributed by atoms with E-state index >= 15 is 0 Å². The second-order valence-corrected chi connectivity index (χ2v) is 4.00. The van der Waals surface area contributed by atoms with Crippen molar-refractivity contribution >= 4 is 11.8 Å². The number of carbonyl (C=O) groups excluding carboxylic acids is 2. The Kier molecular flexibility index (Phi) is 2.90. The molecule has 0 atom stereocenters. The predicted molar refractivity (Wildman–Crippen MR) is 50.0 cm³/mol. The molecule has 0 N–H and O–H groups in total. The Bertz CT molecular complexity index is 284. The molecule has 0 aromatic carbocycles. The number of hydrogen-bond acceptors (Lipinski definition) is 3. The van der Waals surface area contributed by atoms with Crippen LogP contribution in [0.1, 0.15) is 39.5 Å². The molecule has 0 spiro atoms. The topological polar surface area (TPSA) is 61.2 Å². The van der Waals surface area contributed by atoms with Gasteiger partial charge in [0.2, 0.25) is 11.8 Å². The molecule has 0 unspecified atom stereocenters. The third-order valence-corrected chi connectivity index (χ3v) is 2.36. The normalized spacial score (nSPS) is 19.1. The number of imide groups is 1. The summed E-state index contributed by atoms with van der Waals surface area (Å²) < 4.78 is 0. The van der Waals surface area contributed by atoms with Crippen molar-refractivity contribution in [1.82, 2.24) is 4.90 Å². The Labute approximate surface area is 83.5 Å². The van der Waals surface area contributed by atoms with Crippen molar-refractivity contribution in [3.8, 4) is 6.07 Å². The Hall–Kier alpha value is -1.37. The number of likely N-dealkylation sites (tertiary alicyclic amines) is 1. The van der Waals surface area contributed by atoms with Crippen molar-refractivity contribution in [2.45, 2.75) is 45.1 Å². The van der Waals surface area contributed by atoms with E-state index in [0.717, 1.165) is 17.7 Å². The molecule has 1 saturated heterocycles. The Morgan fingerprint density at radius 2 is 1.64 bits per heavy atom. The zero-order valence-electron chi connectivity index (χ0n) is 8.54. The first kappa shape index (κ1) is 10.7. The number of amides is 2. The number of carbonyl (C=O) groups is 2. The maximum absolute atomic E-state index is 11.6. The van der Waals surface area contributed by atoms with Crippen LogP contribution in [0.4, 0.5) is 0 Å². The average molecular weight is 194 g/mol. The molecule has 1 heterocycles. The van der Waals surface area contributed by atoms with Gasteiger partial charge in [-0.1, -0.05) is 0 Å². The van der Waals surface area contributed by atoms with Gasteiger partial charge in [-0.25, -0.2) is 0 Å². The highest BCUT2D eigenvalue weighted by molar-refractivity contribution is 5.97. The Balaban J connectivity index is 2.98. The summed E-state index contributed by atoms with van der Waals surface area (Å²) in [6, 6.07) is 1.98. The van der Waals surface area contributed by atoms with Gasteiger partial charge >= 0.3 is 0 Å². The van der Waals surface area contributed by atoms with E-state index in [1.807, 2.05) is 6.07 Å². The van der Waals surface area contributed by atoms with Gasteiger partial charge in [0.05, 0.1) is 6.07 Å². The molecule has 1 fully saturated rings. The van der Waals surface area contributed by atoms with E-state index in [-0.39, 0.29) is 11.8 Å². The van der Waals surface area contributed by atoms with Gasteiger partial charge in [-0.05, 0) is 26.7 Å². The molecule has 0 saturated carbocycles. The van der Waals surface area contributed by atoms with Gasteiger partial charge in [-0.2, -0.15) is 5.26 Å². The van der Waals surface area contributed by atoms with E-state index in [2.05, 4.69) is 0 Å². The van der Waals surface area contributed by atoms with Crippen LogP contribution in [0.15, 0.2) is 0 Å². The summed E-state index contributed by atoms with van der Waals surface area (Å²) in [5, 5.41) is 8.88. The molecule has 1 aliphatic rings. The fraction of sp³-hybridized carbons (Fsp3) is 0.700. The van der Waals surface area contributed by atoms with Crippen LogP contribution in [-0.2, 0) is 9.59 Å². The van der Waals surface area contributed by atoms with Gasteiger partial charge in [0.15, 0.2) is 0 Å². The van der Waals surface area contributed by atoms with E-state index < -0.39 is 5.54 Å². The molecule has 1 rings (SSSR count). The summed E-state index contributed by atoms with van der Waals surface area (Å²) in [5.74, 6) is -0.446. The van der Waals surface area contributed by atoms with Crippen molar-refractivity contribution in [3.05, 3.63) is 0 Å². The summed E-state index contributed by atoms with van der Waals surface area (Å²) in [6.07, 6.45) is 2.22. The van der Waals surface area contributed by atoms with Gasteiger partial charge in [-0.3, -0.25) is 14.5 Å². The van der Waals surface area contributed by atoms with Crippen LogP contribution >= 0.6 is 0 Å². The molecule has 4 heteroatoms. The quantitative estimate of drug-likeness (QED) is 0.589. The lowest BCUT2D eigenvalue weighted by molar-refractivity contribution is -0.148. The summed E-state index contributed by atoms with van der Waals surface area (Å²) in [6.45, 7) is 3.18. The maximum Gasteiger partial charge on any atom is 0.230 e. The summed E-state index contributed by atoms with van der Waals surface area (Å²) >= 11 is 0. The predicted octanol–water partition coefficient (Wildman–Crippen LogP) is 1.22. The molecule has 0 aromatic rings. The van der Waals surface area contributed by atoms with Gasteiger partial charge in [0, 0.05) is 12.8 Å². The minimum atomic E-state index is -1.02. The van der Waals surface area contributed by atoms with Crippen LogP contribution < -0.4 is 0 Å². The maximum atomic E-state index is 11.6. The molecule has 1 aliphatic heterocycles. The smallest absolute Gasteiger partial charge is 0.230 e. The van der Waals surface area contributed by atoms with Crippen molar-refractivity contribution in [2.24, 2.45) is 0 Å². The third-order valence-electron chi connectivity index (χ3n) is 2.36. The van der Waals surface area contributed by atoms with Crippen LogP contribution in [0.25, 0.3) is 0 Å². The molecule has 4 nitrogen and oxygen atoms in total. The van der Waals surface area contributed by atoms with E-state index in [9.17, 15) is 9.59 Å². The largest absolute Gasteiger partial charge is 0.274 e. The molecular formula is C10H14N2O2.